The Morgan fingerprint density at radius 2 is 2.18 bits per heavy atom. The Morgan fingerprint density at radius 3 is 2.95 bits per heavy atom. The van der Waals surface area contributed by atoms with Gasteiger partial charge in [-0.15, -0.1) is 10.2 Å². The third-order valence-electron chi connectivity index (χ3n) is 2.64. The summed E-state index contributed by atoms with van der Waals surface area (Å²) in [6.07, 6.45) is 0. The summed E-state index contributed by atoms with van der Waals surface area (Å²) in [7, 11) is 0. The fourth-order valence-corrected chi connectivity index (χ4v) is 3.23. The molecule has 2 N–H and O–H groups in total. The van der Waals surface area contributed by atoms with Crippen LogP contribution in [0.3, 0.4) is 0 Å². The van der Waals surface area contributed by atoms with E-state index in [0.29, 0.717) is 29.2 Å². The second kappa shape index (κ2) is 6.75. The van der Waals surface area contributed by atoms with Gasteiger partial charge in [0.1, 0.15) is 5.75 Å². The molecule has 0 unspecified atom stereocenters. The molecule has 0 spiro atoms. The molecule has 3 aromatic rings. The zero-order valence-electron chi connectivity index (χ0n) is 11.7. The molecule has 7 nitrogen and oxygen atoms in total. The van der Waals surface area contributed by atoms with Crippen LogP contribution in [0.25, 0.3) is 11.4 Å². The molecule has 22 heavy (non-hydrogen) atoms. The van der Waals surface area contributed by atoms with E-state index in [4.69, 9.17) is 15.0 Å². The standard InChI is InChI=1S/C13H13N5O2S2/c1-2-19-9-6-4-3-5-8(9)11-15-10(20-18-11)7-21-13-17-16-12(14)22-13/h3-6H,2,7H2,1H3,(H2,14,16). The highest BCUT2D eigenvalue weighted by Crippen LogP contribution is 2.30. The minimum Gasteiger partial charge on any atom is -0.493 e. The van der Waals surface area contributed by atoms with Crippen LogP contribution in [0.1, 0.15) is 12.8 Å². The molecule has 0 bridgehead atoms. The summed E-state index contributed by atoms with van der Waals surface area (Å²) in [5.74, 6) is 2.27. The molecule has 0 radical (unpaired) electrons. The first kappa shape index (κ1) is 14.8. The Labute approximate surface area is 134 Å². The van der Waals surface area contributed by atoms with E-state index in [-0.39, 0.29) is 0 Å². The number of aromatic nitrogens is 4. The molecule has 114 valence electrons. The average molecular weight is 335 g/mol. The first-order valence-corrected chi connectivity index (χ1v) is 8.33. The zero-order valence-corrected chi connectivity index (χ0v) is 13.4. The van der Waals surface area contributed by atoms with Crippen LogP contribution in [0.15, 0.2) is 33.1 Å². The van der Waals surface area contributed by atoms with Crippen molar-refractivity contribution in [3.63, 3.8) is 0 Å². The minimum atomic E-state index is 0.444. The van der Waals surface area contributed by atoms with Gasteiger partial charge in [0.15, 0.2) is 4.34 Å². The summed E-state index contributed by atoms with van der Waals surface area (Å²) in [5.41, 5.74) is 6.35. The molecule has 2 heterocycles. The number of rotatable bonds is 6. The van der Waals surface area contributed by atoms with Gasteiger partial charge >= 0.3 is 0 Å². The van der Waals surface area contributed by atoms with E-state index in [2.05, 4.69) is 20.3 Å². The minimum absolute atomic E-state index is 0.444. The molecule has 3 rings (SSSR count). The van der Waals surface area contributed by atoms with Gasteiger partial charge in [0, 0.05) is 0 Å². The summed E-state index contributed by atoms with van der Waals surface area (Å²) in [6, 6.07) is 7.60. The number of benzene rings is 1. The first-order valence-electron chi connectivity index (χ1n) is 6.53. The predicted molar refractivity (Wildman–Crippen MR) is 84.8 cm³/mol. The third-order valence-corrected chi connectivity index (χ3v) is 4.51. The molecule has 2 aromatic heterocycles. The molecule has 0 aliphatic rings. The Hall–Kier alpha value is -2.13. The summed E-state index contributed by atoms with van der Waals surface area (Å²) in [5, 5.41) is 12.1. The van der Waals surface area contributed by atoms with Crippen molar-refractivity contribution in [2.24, 2.45) is 0 Å². The second-order valence-corrected chi connectivity index (χ2v) is 6.37. The lowest BCUT2D eigenvalue weighted by Gasteiger charge is -2.05. The Balaban J connectivity index is 1.73. The van der Waals surface area contributed by atoms with Gasteiger partial charge in [-0.3, -0.25) is 0 Å². The Kier molecular flexibility index (Phi) is 4.54. The lowest BCUT2D eigenvalue weighted by atomic mass is 10.2. The van der Waals surface area contributed by atoms with Gasteiger partial charge in [-0.1, -0.05) is 40.4 Å². The van der Waals surface area contributed by atoms with Crippen LogP contribution < -0.4 is 10.5 Å². The van der Waals surface area contributed by atoms with Crippen molar-refractivity contribution < 1.29 is 9.26 Å². The molecule has 0 saturated carbocycles. The van der Waals surface area contributed by atoms with E-state index < -0.39 is 0 Å². The number of nitrogens with zero attached hydrogens (tertiary/aromatic N) is 4. The number of thioether (sulfide) groups is 1. The molecule has 0 atom stereocenters. The summed E-state index contributed by atoms with van der Waals surface area (Å²) in [4.78, 5) is 4.39. The smallest absolute Gasteiger partial charge is 0.237 e. The molecule has 0 amide bonds. The van der Waals surface area contributed by atoms with Crippen LogP contribution in [0, 0.1) is 0 Å². The predicted octanol–water partition coefficient (Wildman–Crippen LogP) is 2.86. The summed E-state index contributed by atoms with van der Waals surface area (Å²) < 4.78 is 11.6. The first-order chi connectivity index (χ1) is 10.8. The van der Waals surface area contributed by atoms with Crippen molar-refractivity contribution in [1.82, 2.24) is 20.3 Å². The van der Waals surface area contributed by atoms with Crippen LogP contribution >= 0.6 is 23.1 Å². The molecule has 1 aromatic carbocycles. The topological polar surface area (TPSA) is 100.0 Å². The Bertz CT molecular complexity index is 758. The average Bonchev–Trinajstić information content (AvgIpc) is 3.15. The van der Waals surface area contributed by atoms with Gasteiger partial charge in [-0.2, -0.15) is 4.98 Å². The zero-order chi connectivity index (χ0) is 15.4. The lowest BCUT2D eigenvalue weighted by Crippen LogP contribution is -1.94. The van der Waals surface area contributed by atoms with E-state index in [1.807, 2.05) is 31.2 Å². The van der Waals surface area contributed by atoms with Crippen molar-refractivity contribution in [2.45, 2.75) is 17.0 Å². The van der Waals surface area contributed by atoms with Crippen LogP contribution in [0.4, 0.5) is 5.13 Å². The highest BCUT2D eigenvalue weighted by Gasteiger charge is 2.14. The normalized spacial score (nSPS) is 10.8. The van der Waals surface area contributed by atoms with Crippen LogP contribution in [-0.2, 0) is 5.75 Å². The van der Waals surface area contributed by atoms with Crippen LogP contribution in [-0.4, -0.2) is 26.9 Å². The second-order valence-electron chi connectivity index (χ2n) is 4.14. The number of nitrogen functional groups attached to an aromatic ring is 1. The fraction of sp³-hybridized carbons (Fsp3) is 0.231. The van der Waals surface area contributed by atoms with Crippen molar-refractivity contribution >= 4 is 28.2 Å². The molecule has 0 saturated heterocycles. The van der Waals surface area contributed by atoms with Crippen molar-refractivity contribution in [3.8, 4) is 17.1 Å². The number of ether oxygens (including phenoxy) is 1. The van der Waals surface area contributed by atoms with Gasteiger partial charge in [-0.05, 0) is 19.1 Å². The SMILES string of the molecule is CCOc1ccccc1-c1noc(CSc2nnc(N)s2)n1. The van der Waals surface area contributed by atoms with Crippen LogP contribution in [0.5, 0.6) is 5.75 Å². The number of para-hydroxylation sites is 1. The monoisotopic (exact) mass is 335 g/mol. The summed E-state index contributed by atoms with van der Waals surface area (Å²) >= 11 is 2.78. The summed E-state index contributed by atoms with van der Waals surface area (Å²) in [6.45, 7) is 2.51. The van der Waals surface area contributed by atoms with Gasteiger partial charge in [0.05, 0.1) is 17.9 Å². The number of hydrogen-bond acceptors (Lipinski definition) is 9. The fourth-order valence-electron chi connectivity index (χ4n) is 1.76. The van der Waals surface area contributed by atoms with Crippen molar-refractivity contribution in [2.75, 3.05) is 12.3 Å². The lowest BCUT2D eigenvalue weighted by molar-refractivity contribution is 0.341. The quantitative estimate of drug-likeness (QED) is 0.686. The van der Waals surface area contributed by atoms with E-state index >= 15 is 0 Å². The molecule has 0 aliphatic carbocycles. The van der Waals surface area contributed by atoms with Gasteiger partial charge in [0.2, 0.25) is 16.8 Å². The Morgan fingerprint density at radius 1 is 1.32 bits per heavy atom. The van der Waals surface area contributed by atoms with Crippen LogP contribution in [0.2, 0.25) is 0 Å². The molecule has 9 heteroatoms. The molecule has 0 fully saturated rings. The largest absolute Gasteiger partial charge is 0.493 e. The van der Waals surface area contributed by atoms with Crippen molar-refractivity contribution in [3.05, 3.63) is 30.2 Å². The van der Waals surface area contributed by atoms with E-state index in [0.717, 1.165) is 15.7 Å². The maximum Gasteiger partial charge on any atom is 0.237 e. The van der Waals surface area contributed by atoms with Gasteiger partial charge in [-0.25, -0.2) is 0 Å². The van der Waals surface area contributed by atoms with Gasteiger partial charge < -0.3 is 15.0 Å². The third kappa shape index (κ3) is 3.37. The molecular weight excluding hydrogens is 322 g/mol. The number of hydrogen-bond donors (Lipinski definition) is 1. The molecule has 0 aliphatic heterocycles. The van der Waals surface area contributed by atoms with E-state index in [1.54, 1.807) is 0 Å². The van der Waals surface area contributed by atoms with E-state index in [1.165, 1.54) is 23.1 Å². The van der Waals surface area contributed by atoms with E-state index in [9.17, 15) is 0 Å². The molecular formula is C13H13N5O2S2. The maximum absolute atomic E-state index is 5.58. The highest BCUT2D eigenvalue weighted by molar-refractivity contribution is 8.00. The van der Waals surface area contributed by atoms with Gasteiger partial charge in [0.25, 0.3) is 0 Å². The number of nitrogens with two attached hydrogens (primary N) is 1. The number of anilines is 1. The highest BCUT2D eigenvalue weighted by atomic mass is 32.2. The van der Waals surface area contributed by atoms with Crippen molar-refractivity contribution in [1.29, 1.82) is 0 Å². The maximum atomic E-state index is 5.58.